The minimum atomic E-state index is -0.334. The topological polar surface area (TPSA) is 54.5 Å². The van der Waals surface area contributed by atoms with Crippen LogP contribution in [-0.2, 0) is 0 Å². The van der Waals surface area contributed by atoms with Crippen molar-refractivity contribution in [1.29, 1.82) is 0 Å². The van der Waals surface area contributed by atoms with Crippen molar-refractivity contribution in [3.63, 3.8) is 0 Å². The van der Waals surface area contributed by atoms with Crippen LogP contribution in [-0.4, -0.2) is 18.1 Å². The number of hydrogen-bond acceptors (Lipinski definition) is 3. The maximum Gasteiger partial charge on any atom is 0.266 e. The number of hydrogen-bond donors (Lipinski definition) is 0. The molecule has 0 aliphatic carbocycles. The predicted molar refractivity (Wildman–Crippen MR) is 78.9 cm³/mol. The average molecular weight is 279 g/mol. The first kappa shape index (κ1) is 13.2. The van der Waals surface area contributed by atoms with Crippen molar-refractivity contribution in [3.05, 3.63) is 64.2 Å². The van der Waals surface area contributed by atoms with Gasteiger partial charge in [-0.1, -0.05) is 24.3 Å². The van der Waals surface area contributed by atoms with Gasteiger partial charge in [-0.3, -0.25) is 14.4 Å². The molecule has 2 amide bonds. The summed E-state index contributed by atoms with van der Waals surface area (Å²) in [6, 6.07) is 10.2. The van der Waals surface area contributed by atoms with Crippen molar-refractivity contribution in [2.45, 2.75) is 13.8 Å². The maximum atomic E-state index is 12.6. The average Bonchev–Trinajstić information content (AvgIpc) is 2.75. The number of aryl methyl sites for hydroxylation is 2. The molecule has 0 fully saturated rings. The van der Waals surface area contributed by atoms with Crippen LogP contribution in [0.2, 0.25) is 0 Å². The molecule has 1 aliphatic heterocycles. The Bertz CT molecular complexity index is 752. The van der Waals surface area contributed by atoms with Gasteiger partial charge in [0.15, 0.2) is 0 Å². The van der Waals surface area contributed by atoms with Crippen LogP contribution in [0.3, 0.4) is 0 Å². The quantitative estimate of drug-likeness (QED) is 0.627. The van der Waals surface area contributed by atoms with Crippen molar-refractivity contribution in [1.82, 2.24) is 0 Å². The zero-order chi connectivity index (χ0) is 15.1. The third-order valence-corrected chi connectivity index (χ3v) is 3.72. The highest BCUT2D eigenvalue weighted by molar-refractivity contribution is 6.35. The molecular formula is C17H13NO3. The lowest BCUT2D eigenvalue weighted by molar-refractivity contribution is 0.0925. The Morgan fingerprint density at radius 1 is 0.905 bits per heavy atom. The molecule has 0 saturated heterocycles. The fourth-order valence-corrected chi connectivity index (χ4v) is 2.65. The summed E-state index contributed by atoms with van der Waals surface area (Å²) in [4.78, 5) is 37.2. The molecule has 1 heterocycles. The number of nitrogens with zero attached hydrogens (tertiary/aromatic N) is 1. The van der Waals surface area contributed by atoms with Crippen LogP contribution in [0.5, 0.6) is 0 Å². The van der Waals surface area contributed by atoms with Crippen LogP contribution in [0.1, 0.15) is 42.2 Å². The van der Waals surface area contributed by atoms with E-state index in [9.17, 15) is 14.4 Å². The molecule has 0 spiro atoms. The second-order valence-electron chi connectivity index (χ2n) is 5.11. The molecule has 1 aliphatic rings. The zero-order valence-electron chi connectivity index (χ0n) is 11.7. The van der Waals surface area contributed by atoms with Gasteiger partial charge in [0.2, 0.25) is 0 Å². The lowest BCUT2D eigenvalue weighted by Gasteiger charge is -2.14. The van der Waals surface area contributed by atoms with Crippen LogP contribution < -0.4 is 4.90 Å². The molecule has 3 rings (SSSR count). The highest BCUT2D eigenvalue weighted by atomic mass is 16.2. The van der Waals surface area contributed by atoms with E-state index in [4.69, 9.17) is 0 Å². The van der Waals surface area contributed by atoms with Gasteiger partial charge < -0.3 is 0 Å². The Balaban J connectivity index is 2.18. The summed E-state index contributed by atoms with van der Waals surface area (Å²) >= 11 is 0. The van der Waals surface area contributed by atoms with Gasteiger partial charge >= 0.3 is 0 Å². The van der Waals surface area contributed by atoms with E-state index in [1.807, 2.05) is 26.0 Å². The van der Waals surface area contributed by atoms with Crippen LogP contribution in [0.25, 0.3) is 0 Å². The third kappa shape index (κ3) is 1.88. The molecule has 21 heavy (non-hydrogen) atoms. The summed E-state index contributed by atoms with van der Waals surface area (Å²) in [5, 5.41) is 0. The Kier molecular flexibility index (Phi) is 2.94. The van der Waals surface area contributed by atoms with E-state index in [1.165, 1.54) is 0 Å². The summed E-state index contributed by atoms with van der Waals surface area (Å²) in [6.07, 6.45) is 0.693. The zero-order valence-corrected chi connectivity index (χ0v) is 11.7. The number of anilines is 1. The minimum absolute atomic E-state index is 0.334. The van der Waals surface area contributed by atoms with Gasteiger partial charge in [0, 0.05) is 5.56 Å². The van der Waals surface area contributed by atoms with Crippen molar-refractivity contribution < 1.29 is 14.4 Å². The molecular weight excluding hydrogens is 266 g/mol. The number of carbonyl (C=O) groups excluding carboxylic acids is 3. The van der Waals surface area contributed by atoms with Crippen LogP contribution in [0, 0.1) is 13.8 Å². The molecule has 4 nitrogen and oxygen atoms in total. The smallest absolute Gasteiger partial charge is 0.266 e. The predicted octanol–water partition coefficient (Wildman–Crippen LogP) is 2.92. The standard InChI is InChI=1S/C17H13NO3/c1-10-6-7-11(2)15-14(10)16(20)18(17(15)21)13-5-3-4-12(8-13)9-19/h3-9H,1-2H3. The normalized spacial score (nSPS) is 13.5. The summed E-state index contributed by atoms with van der Waals surface area (Å²) in [7, 11) is 0. The molecule has 0 radical (unpaired) electrons. The lowest BCUT2D eigenvalue weighted by Crippen LogP contribution is -2.29. The molecule has 2 aromatic rings. The van der Waals surface area contributed by atoms with Crippen LogP contribution >= 0.6 is 0 Å². The lowest BCUT2D eigenvalue weighted by atomic mass is 9.99. The highest BCUT2D eigenvalue weighted by Gasteiger charge is 2.38. The molecule has 0 saturated carbocycles. The number of aldehydes is 1. The number of carbonyl (C=O) groups is 3. The van der Waals surface area contributed by atoms with E-state index >= 15 is 0 Å². The molecule has 0 N–H and O–H groups in total. The number of benzene rings is 2. The molecule has 0 bridgehead atoms. The van der Waals surface area contributed by atoms with Gasteiger partial charge in [-0.2, -0.15) is 0 Å². The van der Waals surface area contributed by atoms with Crippen LogP contribution in [0.4, 0.5) is 5.69 Å². The Morgan fingerprint density at radius 2 is 1.48 bits per heavy atom. The Morgan fingerprint density at radius 3 is 2.00 bits per heavy atom. The molecule has 0 atom stereocenters. The maximum absolute atomic E-state index is 12.6. The fourth-order valence-electron chi connectivity index (χ4n) is 2.65. The van der Waals surface area contributed by atoms with E-state index in [0.717, 1.165) is 16.0 Å². The minimum Gasteiger partial charge on any atom is -0.298 e. The summed E-state index contributed by atoms with van der Waals surface area (Å²) in [6.45, 7) is 3.63. The molecule has 104 valence electrons. The van der Waals surface area contributed by atoms with Gasteiger partial charge in [-0.05, 0) is 37.1 Å². The first-order valence-corrected chi connectivity index (χ1v) is 6.59. The number of rotatable bonds is 2. The van der Waals surface area contributed by atoms with Crippen LogP contribution in [0.15, 0.2) is 36.4 Å². The SMILES string of the molecule is Cc1ccc(C)c2c1C(=O)N(c1cccc(C=O)c1)C2=O. The van der Waals surface area contributed by atoms with E-state index in [1.54, 1.807) is 24.3 Å². The first-order chi connectivity index (χ1) is 10.0. The monoisotopic (exact) mass is 279 g/mol. The van der Waals surface area contributed by atoms with E-state index in [2.05, 4.69) is 0 Å². The van der Waals surface area contributed by atoms with E-state index in [-0.39, 0.29) is 11.8 Å². The summed E-state index contributed by atoms with van der Waals surface area (Å²) < 4.78 is 0. The largest absolute Gasteiger partial charge is 0.298 e. The molecule has 4 heteroatoms. The number of imide groups is 1. The van der Waals surface area contributed by atoms with Gasteiger partial charge in [-0.15, -0.1) is 0 Å². The molecule has 0 unspecified atom stereocenters. The second-order valence-corrected chi connectivity index (χ2v) is 5.11. The Labute approximate surface area is 122 Å². The Hall–Kier alpha value is -2.75. The fraction of sp³-hybridized carbons (Fsp3) is 0.118. The first-order valence-electron chi connectivity index (χ1n) is 6.59. The van der Waals surface area contributed by atoms with E-state index < -0.39 is 0 Å². The van der Waals surface area contributed by atoms with Crippen molar-refractivity contribution >= 4 is 23.8 Å². The molecule has 0 aromatic heterocycles. The second kappa shape index (κ2) is 4.66. The summed E-state index contributed by atoms with van der Waals surface area (Å²) in [5.41, 5.74) is 3.32. The van der Waals surface area contributed by atoms with Crippen molar-refractivity contribution in [2.24, 2.45) is 0 Å². The molecule has 2 aromatic carbocycles. The van der Waals surface area contributed by atoms with E-state index in [0.29, 0.717) is 28.7 Å². The third-order valence-electron chi connectivity index (χ3n) is 3.72. The van der Waals surface area contributed by atoms with Gasteiger partial charge in [0.1, 0.15) is 6.29 Å². The van der Waals surface area contributed by atoms with Gasteiger partial charge in [-0.25, -0.2) is 4.90 Å². The number of amides is 2. The van der Waals surface area contributed by atoms with Gasteiger partial charge in [0.05, 0.1) is 16.8 Å². The van der Waals surface area contributed by atoms with Crippen molar-refractivity contribution in [3.8, 4) is 0 Å². The highest BCUT2D eigenvalue weighted by Crippen LogP contribution is 2.32. The van der Waals surface area contributed by atoms with Crippen molar-refractivity contribution in [2.75, 3.05) is 4.90 Å². The summed E-state index contributed by atoms with van der Waals surface area (Å²) in [5.74, 6) is -0.668. The number of fused-ring (bicyclic) bond motifs is 1. The van der Waals surface area contributed by atoms with Gasteiger partial charge in [0.25, 0.3) is 11.8 Å².